The van der Waals surface area contributed by atoms with Crippen molar-refractivity contribution in [3.63, 3.8) is 0 Å². The molecule has 0 fully saturated rings. The molecule has 0 radical (unpaired) electrons. The first-order valence-corrected chi connectivity index (χ1v) is 9.21. The summed E-state index contributed by atoms with van der Waals surface area (Å²) in [5.41, 5.74) is 1.93. The highest BCUT2D eigenvalue weighted by Gasteiger charge is 2.21. The molecule has 1 amide bonds. The van der Waals surface area contributed by atoms with Gasteiger partial charge in [0.05, 0.1) is 5.92 Å². The zero-order chi connectivity index (χ0) is 17.9. The van der Waals surface area contributed by atoms with Gasteiger partial charge in [-0.05, 0) is 12.0 Å². The molecule has 0 aliphatic carbocycles. The highest BCUT2D eigenvalue weighted by Crippen LogP contribution is 2.26. The molecular formula is C19H17N5OS. The molecule has 2 aromatic heterocycles. The van der Waals surface area contributed by atoms with Crippen LogP contribution in [0.5, 0.6) is 0 Å². The third-order valence-electron chi connectivity index (χ3n) is 4.18. The maximum Gasteiger partial charge on any atom is 0.236 e. The number of amides is 1. The Morgan fingerprint density at radius 1 is 1.08 bits per heavy atom. The Balaban J connectivity index is 1.60. The van der Waals surface area contributed by atoms with Gasteiger partial charge in [0.15, 0.2) is 5.82 Å². The summed E-state index contributed by atoms with van der Waals surface area (Å²) in [6.07, 6.45) is 0.717. The second-order valence-corrected chi connectivity index (χ2v) is 6.81. The summed E-state index contributed by atoms with van der Waals surface area (Å²) in [7, 11) is 0. The van der Waals surface area contributed by atoms with E-state index in [1.54, 1.807) is 4.52 Å². The van der Waals surface area contributed by atoms with Crippen LogP contribution >= 0.6 is 11.3 Å². The van der Waals surface area contributed by atoms with Gasteiger partial charge in [-0.1, -0.05) is 78.9 Å². The number of hydrogen-bond donors (Lipinski definition) is 1. The molecule has 6 nitrogen and oxygen atoms in total. The van der Waals surface area contributed by atoms with E-state index < -0.39 is 0 Å². The Bertz CT molecular complexity index is 1030. The monoisotopic (exact) mass is 363 g/mol. The van der Waals surface area contributed by atoms with Crippen molar-refractivity contribution in [1.82, 2.24) is 19.8 Å². The third-order valence-corrected chi connectivity index (χ3v) is 4.99. The topological polar surface area (TPSA) is 72.2 Å². The lowest BCUT2D eigenvalue weighted by molar-refractivity contribution is -0.117. The maximum atomic E-state index is 12.7. The average Bonchev–Trinajstić information content (AvgIpc) is 3.24. The molecular weight excluding hydrogens is 346 g/mol. The van der Waals surface area contributed by atoms with Crippen molar-refractivity contribution in [2.75, 3.05) is 5.32 Å². The van der Waals surface area contributed by atoms with E-state index in [2.05, 4.69) is 20.6 Å². The number of nitrogens with zero attached hydrogens (tertiary/aromatic N) is 4. The van der Waals surface area contributed by atoms with E-state index in [-0.39, 0.29) is 11.8 Å². The first-order valence-electron chi connectivity index (χ1n) is 8.39. The highest BCUT2D eigenvalue weighted by molar-refractivity contribution is 7.20. The summed E-state index contributed by atoms with van der Waals surface area (Å²) in [5, 5.41) is 16.3. The van der Waals surface area contributed by atoms with E-state index in [9.17, 15) is 4.79 Å². The molecule has 0 saturated carbocycles. The smallest absolute Gasteiger partial charge is 0.236 e. The predicted octanol–water partition coefficient (Wildman–Crippen LogP) is 3.99. The van der Waals surface area contributed by atoms with E-state index in [1.807, 2.05) is 67.6 Å². The second-order valence-electron chi connectivity index (χ2n) is 5.85. The van der Waals surface area contributed by atoms with E-state index in [4.69, 9.17) is 0 Å². The van der Waals surface area contributed by atoms with Gasteiger partial charge in [0.2, 0.25) is 16.0 Å². The quantitative estimate of drug-likeness (QED) is 0.582. The van der Waals surface area contributed by atoms with Gasteiger partial charge in [0, 0.05) is 5.56 Å². The fourth-order valence-electron chi connectivity index (χ4n) is 2.89. The van der Waals surface area contributed by atoms with E-state index in [0.29, 0.717) is 15.9 Å². The van der Waals surface area contributed by atoms with Gasteiger partial charge in [-0.2, -0.15) is 4.52 Å². The average molecular weight is 363 g/mol. The predicted molar refractivity (Wildman–Crippen MR) is 102 cm³/mol. The molecule has 0 bridgehead atoms. The molecule has 1 unspecified atom stereocenters. The van der Waals surface area contributed by atoms with Crippen molar-refractivity contribution in [2.45, 2.75) is 19.3 Å². The van der Waals surface area contributed by atoms with Crippen LogP contribution in [0.2, 0.25) is 0 Å². The first-order chi connectivity index (χ1) is 12.8. The molecule has 7 heteroatoms. The third kappa shape index (κ3) is 3.09. The van der Waals surface area contributed by atoms with Crippen molar-refractivity contribution in [2.24, 2.45) is 0 Å². The number of carbonyl (C=O) groups is 1. The van der Waals surface area contributed by atoms with Gasteiger partial charge < -0.3 is 0 Å². The summed E-state index contributed by atoms with van der Waals surface area (Å²) in [6.45, 7) is 2.00. The molecule has 2 heterocycles. The molecule has 0 spiro atoms. The molecule has 4 aromatic rings. The number of benzene rings is 2. The number of fused-ring (bicyclic) bond motifs is 1. The van der Waals surface area contributed by atoms with Gasteiger partial charge in [-0.3, -0.25) is 10.1 Å². The van der Waals surface area contributed by atoms with Gasteiger partial charge in [0.1, 0.15) is 0 Å². The fourth-order valence-corrected chi connectivity index (χ4v) is 3.63. The number of anilines is 1. The van der Waals surface area contributed by atoms with Gasteiger partial charge in [-0.25, -0.2) is 0 Å². The van der Waals surface area contributed by atoms with Gasteiger partial charge >= 0.3 is 0 Å². The van der Waals surface area contributed by atoms with Crippen LogP contribution in [0.25, 0.3) is 16.3 Å². The molecule has 0 aliphatic heterocycles. The van der Waals surface area contributed by atoms with Crippen molar-refractivity contribution in [1.29, 1.82) is 0 Å². The van der Waals surface area contributed by atoms with Crippen LogP contribution in [0, 0.1) is 0 Å². The molecule has 2 aromatic carbocycles. The fraction of sp³-hybridized carbons (Fsp3) is 0.158. The van der Waals surface area contributed by atoms with E-state index in [0.717, 1.165) is 17.5 Å². The largest absolute Gasteiger partial charge is 0.300 e. The van der Waals surface area contributed by atoms with Crippen LogP contribution in [0.15, 0.2) is 60.7 Å². The number of rotatable bonds is 5. The normalized spacial score (nSPS) is 12.2. The molecule has 0 aliphatic rings. The number of nitrogens with one attached hydrogen (secondary N) is 1. The summed E-state index contributed by atoms with van der Waals surface area (Å²) >= 11 is 1.31. The van der Waals surface area contributed by atoms with Crippen LogP contribution in [-0.2, 0) is 4.79 Å². The molecule has 26 heavy (non-hydrogen) atoms. The Labute approximate surface area is 154 Å². The van der Waals surface area contributed by atoms with Crippen LogP contribution in [0.4, 0.5) is 5.13 Å². The Morgan fingerprint density at radius 2 is 1.77 bits per heavy atom. The number of hydrogen-bond acceptors (Lipinski definition) is 5. The summed E-state index contributed by atoms with van der Waals surface area (Å²) in [6, 6.07) is 19.5. The highest BCUT2D eigenvalue weighted by atomic mass is 32.1. The number of aromatic nitrogens is 4. The molecule has 130 valence electrons. The van der Waals surface area contributed by atoms with Gasteiger partial charge in [0.25, 0.3) is 0 Å². The first kappa shape index (κ1) is 16.4. The SMILES string of the molecule is CCC(C(=O)Nc1nn2c(-c3ccccc3)nnc2s1)c1ccccc1. The van der Waals surface area contributed by atoms with Crippen molar-refractivity contribution in [3.8, 4) is 11.4 Å². The van der Waals surface area contributed by atoms with Gasteiger partial charge in [-0.15, -0.1) is 15.3 Å². The maximum absolute atomic E-state index is 12.7. The van der Waals surface area contributed by atoms with Crippen molar-refractivity contribution >= 4 is 27.3 Å². The standard InChI is InChI=1S/C19H17N5OS/c1-2-15(13-9-5-3-6-10-13)17(25)20-18-23-24-16(21-22-19(24)26-18)14-11-7-4-8-12-14/h3-12,15H,2H2,1H3,(H,20,23,25). The zero-order valence-corrected chi connectivity index (χ0v) is 15.0. The lowest BCUT2D eigenvalue weighted by Crippen LogP contribution is -2.20. The number of carbonyl (C=O) groups excluding carboxylic acids is 1. The molecule has 1 N–H and O–H groups in total. The Morgan fingerprint density at radius 3 is 2.46 bits per heavy atom. The summed E-state index contributed by atoms with van der Waals surface area (Å²) < 4.78 is 1.67. The Hall–Kier alpha value is -3.06. The minimum atomic E-state index is -0.209. The molecule has 1 atom stereocenters. The zero-order valence-electron chi connectivity index (χ0n) is 14.2. The lowest BCUT2D eigenvalue weighted by atomic mass is 9.96. The summed E-state index contributed by atoms with van der Waals surface area (Å²) in [4.78, 5) is 13.4. The van der Waals surface area contributed by atoms with Crippen LogP contribution in [0.1, 0.15) is 24.8 Å². The van der Waals surface area contributed by atoms with E-state index in [1.165, 1.54) is 11.3 Å². The van der Waals surface area contributed by atoms with Crippen LogP contribution in [0.3, 0.4) is 0 Å². The van der Waals surface area contributed by atoms with E-state index >= 15 is 0 Å². The lowest BCUT2D eigenvalue weighted by Gasteiger charge is -2.13. The second kappa shape index (κ2) is 7.05. The van der Waals surface area contributed by atoms with Crippen molar-refractivity contribution in [3.05, 3.63) is 66.2 Å². The van der Waals surface area contributed by atoms with Crippen molar-refractivity contribution < 1.29 is 4.79 Å². The van der Waals surface area contributed by atoms with Crippen LogP contribution in [-0.4, -0.2) is 25.7 Å². The minimum Gasteiger partial charge on any atom is -0.300 e. The summed E-state index contributed by atoms with van der Waals surface area (Å²) in [5.74, 6) is 0.386. The van der Waals surface area contributed by atoms with Crippen LogP contribution < -0.4 is 5.32 Å². The Kier molecular flexibility index (Phi) is 4.45. The minimum absolute atomic E-state index is 0.0649. The molecule has 4 rings (SSSR count). The molecule has 0 saturated heterocycles.